The van der Waals surface area contributed by atoms with Crippen molar-refractivity contribution in [2.24, 2.45) is 0 Å². The van der Waals surface area contributed by atoms with Gasteiger partial charge in [0.2, 0.25) is 0 Å². The molecule has 1 radical (unpaired) electrons. The van der Waals surface area contributed by atoms with Crippen molar-refractivity contribution in [3.63, 3.8) is 0 Å². The first-order chi connectivity index (χ1) is 6.81. The van der Waals surface area contributed by atoms with E-state index in [2.05, 4.69) is 6.92 Å². The molecule has 1 aromatic carbocycles. The minimum Gasteiger partial charge on any atom is -0.494 e. The lowest BCUT2D eigenvalue weighted by molar-refractivity contribution is 0.335. The summed E-state index contributed by atoms with van der Waals surface area (Å²) in [5.41, 5.74) is 1.99. The van der Waals surface area contributed by atoms with Gasteiger partial charge < -0.3 is 9.84 Å². The average molecular weight is 193 g/mol. The molecule has 0 spiro atoms. The molecule has 0 amide bonds. The third-order valence-electron chi connectivity index (χ3n) is 2.06. The van der Waals surface area contributed by atoms with Crippen LogP contribution in [0.2, 0.25) is 0 Å². The first-order valence-corrected chi connectivity index (χ1v) is 5.05. The average Bonchev–Trinajstić information content (AvgIpc) is 2.21. The molecule has 1 N–H and O–H groups in total. The predicted molar refractivity (Wildman–Crippen MR) is 56.9 cm³/mol. The summed E-state index contributed by atoms with van der Waals surface area (Å²) in [6.07, 6.45) is 2.11. The van der Waals surface area contributed by atoms with Crippen molar-refractivity contribution >= 4 is 0 Å². The molecule has 0 aromatic heterocycles. The molecule has 77 valence electrons. The van der Waals surface area contributed by atoms with E-state index >= 15 is 0 Å². The summed E-state index contributed by atoms with van der Waals surface area (Å²) < 4.78 is 5.50. The van der Waals surface area contributed by atoms with Crippen LogP contribution >= 0.6 is 0 Å². The van der Waals surface area contributed by atoms with Gasteiger partial charge in [0.1, 0.15) is 12.4 Å². The van der Waals surface area contributed by atoms with Gasteiger partial charge >= 0.3 is 0 Å². The van der Waals surface area contributed by atoms with Gasteiger partial charge in [-0.1, -0.05) is 25.5 Å². The Hall–Kier alpha value is -1.02. The van der Waals surface area contributed by atoms with E-state index < -0.39 is 0 Å². The van der Waals surface area contributed by atoms with Gasteiger partial charge in [-0.25, -0.2) is 0 Å². The van der Waals surface area contributed by atoms with E-state index in [0.717, 1.165) is 30.8 Å². The Kier molecular flexibility index (Phi) is 4.47. The molecule has 0 unspecified atom stereocenters. The van der Waals surface area contributed by atoms with Gasteiger partial charge in [0.05, 0.1) is 6.61 Å². The number of benzene rings is 1. The van der Waals surface area contributed by atoms with Gasteiger partial charge in [-0.2, -0.15) is 0 Å². The molecule has 0 heterocycles. The zero-order valence-corrected chi connectivity index (χ0v) is 8.79. The smallest absolute Gasteiger partial charge is 0.122 e. The lowest BCUT2D eigenvalue weighted by atomic mass is 10.1. The van der Waals surface area contributed by atoms with Gasteiger partial charge in [-0.05, 0) is 30.5 Å². The molecule has 2 nitrogen and oxygen atoms in total. The van der Waals surface area contributed by atoms with Crippen molar-refractivity contribution < 1.29 is 9.84 Å². The van der Waals surface area contributed by atoms with Crippen LogP contribution in [0.1, 0.15) is 31.4 Å². The maximum absolute atomic E-state index is 8.87. The van der Waals surface area contributed by atoms with E-state index in [1.165, 1.54) is 5.56 Å². The molecule has 2 heteroatoms. The van der Waals surface area contributed by atoms with Crippen LogP contribution in [0.5, 0.6) is 5.75 Å². The minimum atomic E-state index is 0.658. The molecule has 0 aliphatic heterocycles. The second kappa shape index (κ2) is 5.66. The topological polar surface area (TPSA) is 29.5 Å². The summed E-state index contributed by atoms with van der Waals surface area (Å²) in [7, 11) is 0. The predicted octanol–water partition coefficient (Wildman–Crippen LogP) is 2.92. The lowest BCUT2D eigenvalue weighted by Gasteiger charge is -2.10. The molecule has 0 aliphatic rings. The fourth-order valence-corrected chi connectivity index (χ4v) is 1.42. The molecule has 0 aliphatic carbocycles. The van der Waals surface area contributed by atoms with Crippen LogP contribution in [0, 0.1) is 6.61 Å². The quantitative estimate of drug-likeness (QED) is 0.779. The number of ether oxygens (including phenoxy) is 1. The third-order valence-corrected chi connectivity index (χ3v) is 2.06. The summed E-state index contributed by atoms with van der Waals surface area (Å²) >= 11 is 0. The fraction of sp³-hybridized carbons (Fsp3) is 0.417. The summed E-state index contributed by atoms with van der Waals surface area (Å²) in [6, 6.07) is 5.78. The Labute approximate surface area is 85.5 Å². The Bertz CT molecular complexity index is 282. The van der Waals surface area contributed by atoms with Crippen LogP contribution in [0.3, 0.4) is 0 Å². The number of hydrogen-bond donors (Lipinski definition) is 1. The summed E-state index contributed by atoms with van der Waals surface area (Å²) in [5.74, 6) is 0.886. The van der Waals surface area contributed by atoms with E-state index in [-0.39, 0.29) is 0 Å². The van der Waals surface area contributed by atoms with Crippen molar-refractivity contribution in [3.8, 4) is 5.75 Å². The minimum absolute atomic E-state index is 0.658. The second-order valence-corrected chi connectivity index (χ2v) is 3.18. The van der Waals surface area contributed by atoms with E-state index in [0.29, 0.717) is 6.61 Å². The molecule has 1 aromatic rings. The maximum Gasteiger partial charge on any atom is 0.122 e. The monoisotopic (exact) mass is 193 g/mol. The highest BCUT2D eigenvalue weighted by molar-refractivity contribution is 5.39. The van der Waals surface area contributed by atoms with Crippen LogP contribution in [0.25, 0.3) is 0 Å². The Morgan fingerprint density at radius 1 is 1.36 bits per heavy atom. The van der Waals surface area contributed by atoms with Crippen molar-refractivity contribution in [2.75, 3.05) is 6.61 Å². The molecule has 0 saturated carbocycles. The molecular formula is C12H17O2. The largest absolute Gasteiger partial charge is 0.494 e. The standard InChI is InChI=1S/C12H17O2/c1-3-5-11-7-6-10(9-13)8-12(11)14-4-2/h6-9,13H,3-5H2,1-2H3. The highest BCUT2D eigenvalue weighted by Crippen LogP contribution is 2.22. The van der Waals surface area contributed by atoms with Crippen LogP contribution in [0.4, 0.5) is 0 Å². The zero-order valence-electron chi connectivity index (χ0n) is 8.79. The number of rotatable bonds is 5. The van der Waals surface area contributed by atoms with Crippen molar-refractivity contribution in [2.45, 2.75) is 26.7 Å². The SMILES string of the molecule is CCCc1ccc([CH]O)cc1OCC. The normalized spacial score (nSPS) is 10.2. The van der Waals surface area contributed by atoms with Crippen molar-refractivity contribution in [3.05, 3.63) is 35.9 Å². The van der Waals surface area contributed by atoms with E-state index in [4.69, 9.17) is 9.84 Å². The number of aryl methyl sites for hydroxylation is 1. The fourth-order valence-electron chi connectivity index (χ4n) is 1.42. The van der Waals surface area contributed by atoms with E-state index in [1.54, 1.807) is 0 Å². The number of hydrogen-bond acceptors (Lipinski definition) is 2. The number of aliphatic hydroxyl groups excluding tert-OH is 1. The van der Waals surface area contributed by atoms with Gasteiger partial charge in [0.15, 0.2) is 0 Å². The van der Waals surface area contributed by atoms with Crippen LogP contribution < -0.4 is 4.74 Å². The Balaban J connectivity index is 2.91. The van der Waals surface area contributed by atoms with Crippen LogP contribution in [-0.4, -0.2) is 11.7 Å². The molecular weight excluding hydrogens is 176 g/mol. The Morgan fingerprint density at radius 2 is 2.14 bits per heavy atom. The molecule has 14 heavy (non-hydrogen) atoms. The number of aliphatic hydroxyl groups is 1. The van der Waals surface area contributed by atoms with Gasteiger partial charge in [0.25, 0.3) is 0 Å². The van der Waals surface area contributed by atoms with E-state index in [9.17, 15) is 0 Å². The lowest BCUT2D eigenvalue weighted by Crippen LogP contribution is -1.97. The molecule has 0 atom stereocenters. The zero-order chi connectivity index (χ0) is 10.4. The summed E-state index contributed by atoms with van der Waals surface area (Å²) in [4.78, 5) is 0. The van der Waals surface area contributed by atoms with Crippen LogP contribution in [-0.2, 0) is 6.42 Å². The van der Waals surface area contributed by atoms with Crippen molar-refractivity contribution in [1.82, 2.24) is 0 Å². The highest BCUT2D eigenvalue weighted by Gasteiger charge is 2.03. The molecule has 1 rings (SSSR count). The van der Waals surface area contributed by atoms with Gasteiger partial charge in [0, 0.05) is 0 Å². The first-order valence-electron chi connectivity index (χ1n) is 5.05. The molecule has 0 bridgehead atoms. The highest BCUT2D eigenvalue weighted by atomic mass is 16.5. The second-order valence-electron chi connectivity index (χ2n) is 3.18. The maximum atomic E-state index is 8.87. The molecule has 0 fully saturated rings. The summed E-state index contributed by atoms with van der Waals surface area (Å²) in [5, 5.41) is 8.87. The van der Waals surface area contributed by atoms with Gasteiger partial charge in [-0.15, -0.1) is 0 Å². The third kappa shape index (κ3) is 2.74. The van der Waals surface area contributed by atoms with Crippen LogP contribution in [0.15, 0.2) is 18.2 Å². The Morgan fingerprint density at radius 3 is 2.71 bits per heavy atom. The van der Waals surface area contributed by atoms with E-state index in [1.807, 2.05) is 25.1 Å². The molecule has 0 saturated heterocycles. The first kappa shape index (κ1) is 11.1. The van der Waals surface area contributed by atoms with Crippen molar-refractivity contribution in [1.29, 1.82) is 0 Å². The summed E-state index contributed by atoms with van der Waals surface area (Å²) in [6.45, 7) is 5.86. The van der Waals surface area contributed by atoms with Gasteiger partial charge in [-0.3, -0.25) is 0 Å².